The number of carbonyl (C=O) groups is 3. The van der Waals surface area contributed by atoms with E-state index in [1.165, 1.54) is 0 Å². The number of unbranched alkanes of at least 4 members (excludes halogenated alkanes) is 3. The SMILES string of the molecule is CC(C)N1CC=C[C@]23O[C@@]4(C)C=CCOC(=O)[C@H]4[C@H]2C(=O)N(CCCCCCO)C3C1=O. The van der Waals surface area contributed by atoms with Crippen molar-refractivity contribution >= 4 is 17.8 Å². The van der Waals surface area contributed by atoms with Gasteiger partial charge < -0.3 is 24.4 Å². The number of aliphatic hydroxyl groups excluding tert-OH is 1. The van der Waals surface area contributed by atoms with Crippen LogP contribution < -0.4 is 0 Å². The van der Waals surface area contributed by atoms with Gasteiger partial charge in [0, 0.05) is 25.7 Å². The predicted octanol–water partition coefficient (Wildman–Crippen LogP) is 1.43. The monoisotopic (exact) mass is 446 g/mol. The van der Waals surface area contributed by atoms with Gasteiger partial charge in [-0.25, -0.2) is 0 Å². The Hall–Kier alpha value is -2.19. The Balaban J connectivity index is 1.74. The first kappa shape index (κ1) is 23.0. The molecule has 2 fully saturated rings. The van der Waals surface area contributed by atoms with E-state index in [4.69, 9.17) is 14.6 Å². The number of hydrogen-bond acceptors (Lipinski definition) is 6. The molecular formula is C24H34N2O6. The fraction of sp³-hybridized carbons (Fsp3) is 0.708. The number of carbonyl (C=O) groups excluding carboxylic acids is 3. The third kappa shape index (κ3) is 3.48. The van der Waals surface area contributed by atoms with Crippen molar-refractivity contribution < 1.29 is 29.0 Å². The van der Waals surface area contributed by atoms with E-state index in [9.17, 15) is 14.4 Å². The molecule has 4 aliphatic rings. The van der Waals surface area contributed by atoms with E-state index in [0.717, 1.165) is 19.3 Å². The van der Waals surface area contributed by atoms with Crippen LogP contribution in [0.1, 0.15) is 46.5 Å². The highest BCUT2D eigenvalue weighted by Crippen LogP contribution is 2.57. The first-order valence-electron chi connectivity index (χ1n) is 11.7. The molecule has 0 aliphatic carbocycles. The predicted molar refractivity (Wildman–Crippen MR) is 116 cm³/mol. The van der Waals surface area contributed by atoms with Crippen molar-refractivity contribution in [1.82, 2.24) is 9.80 Å². The van der Waals surface area contributed by atoms with Gasteiger partial charge in [0.1, 0.15) is 24.2 Å². The molecule has 0 bridgehead atoms. The van der Waals surface area contributed by atoms with Gasteiger partial charge in [-0.05, 0) is 39.7 Å². The summed E-state index contributed by atoms with van der Waals surface area (Å²) in [6, 6.07) is -0.848. The minimum Gasteiger partial charge on any atom is -0.461 e. The minimum atomic E-state index is -1.21. The van der Waals surface area contributed by atoms with Crippen molar-refractivity contribution in [1.29, 1.82) is 0 Å². The number of likely N-dealkylation sites (tertiary alicyclic amines) is 1. The molecule has 4 rings (SSSR count). The molecule has 4 heterocycles. The molecule has 0 aromatic carbocycles. The summed E-state index contributed by atoms with van der Waals surface area (Å²) >= 11 is 0. The molecule has 5 atom stereocenters. The van der Waals surface area contributed by atoms with Crippen molar-refractivity contribution in [2.45, 2.75) is 69.7 Å². The van der Waals surface area contributed by atoms with Gasteiger partial charge in [-0.15, -0.1) is 0 Å². The summed E-state index contributed by atoms with van der Waals surface area (Å²) in [5.41, 5.74) is -2.22. The lowest BCUT2D eigenvalue weighted by molar-refractivity contribution is -0.158. The van der Waals surface area contributed by atoms with Crippen LogP contribution in [0.25, 0.3) is 0 Å². The van der Waals surface area contributed by atoms with Gasteiger partial charge in [-0.3, -0.25) is 14.4 Å². The highest BCUT2D eigenvalue weighted by Gasteiger charge is 2.74. The molecule has 0 aromatic heterocycles. The second-order valence-corrected chi connectivity index (χ2v) is 9.69. The van der Waals surface area contributed by atoms with Crippen LogP contribution in [0.5, 0.6) is 0 Å². The fourth-order valence-corrected chi connectivity index (χ4v) is 5.82. The molecule has 4 aliphatic heterocycles. The van der Waals surface area contributed by atoms with Gasteiger partial charge in [-0.1, -0.05) is 31.1 Å². The van der Waals surface area contributed by atoms with Gasteiger partial charge in [0.05, 0.1) is 11.5 Å². The van der Waals surface area contributed by atoms with Crippen LogP contribution >= 0.6 is 0 Å². The number of rotatable bonds is 7. The lowest BCUT2D eigenvalue weighted by atomic mass is 9.75. The van der Waals surface area contributed by atoms with E-state index in [2.05, 4.69) is 0 Å². The van der Waals surface area contributed by atoms with Crippen LogP contribution in [0.15, 0.2) is 24.3 Å². The molecule has 32 heavy (non-hydrogen) atoms. The summed E-state index contributed by atoms with van der Waals surface area (Å²) in [5.74, 6) is -2.44. The number of amides is 2. The first-order valence-corrected chi connectivity index (χ1v) is 11.7. The quantitative estimate of drug-likeness (QED) is 0.361. The van der Waals surface area contributed by atoms with Crippen molar-refractivity contribution in [2.24, 2.45) is 11.8 Å². The van der Waals surface area contributed by atoms with Gasteiger partial charge in [-0.2, -0.15) is 0 Å². The molecule has 2 saturated heterocycles. The lowest BCUT2D eigenvalue weighted by Gasteiger charge is -2.38. The third-order valence-electron chi connectivity index (χ3n) is 7.27. The molecular weight excluding hydrogens is 412 g/mol. The standard InChI is InChI=1S/C24H34N2O6/c1-16(2)25-13-8-11-24-17(18-22(30)31-15-9-10-23(18,3)32-24)20(28)26(19(24)21(25)29)12-6-4-5-7-14-27/h8-11,16-19,27H,4-7,12-15H2,1-3H3/t17-,18+,19?,23-,24-/m0/s1. The van der Waals surface area contributed by atoms with Crippen LogP contribution in [-0.2, 0) is 23.9 Å². The lowest BCUT2D eigenvalue weighted by Crippen LogP contribution is -2.57. The zero-order chi connectivity index (χ0) is 23.1. The van der Waals surface area contributed by atoms with E-state index in [1.807, 2.05) is 32.1 Å². The number of aliphatic hydroxyl groups is 1. The van der Waals surface area contributed by atoms with Crippen molar-refractivity contribution in [3.63, 3.8) is 0 Å². The molecule has 1 N–H and O–H groups in total. The molecule has 1 spiro atoms. The van der Waals surface area contributed by atoms with Crippen molar-refractivity contribution in [2.75, 3.05) is 26.3 Å². The summed E-state index contributed by atoms with van der Waals surface area (Å²) in [5, 5.41) is 9.02. The Morgan fingerprint density at radius 3 is 2.53 bits per heavy atom. The maximum Gasteiger partial charge on any atom is 0.313 e. The second-order valence-electron chi connectivity index (χ2n) is 9.69. The first-order chi connectivity index (χ1) is 15.3. The van der Waals surface area contributed by atoms with Crippen LogP contribution in [0, 0.1) is 11.8 Å². The van der Waals surface area contributed by atoms with E-state index < -0.39 is 35.0 Å². The highest BCUT2D eigenvalue weighted by molar-refractivity contribution is 5.99. The van der Waals surface area contributed by atoms with E-state index >= 15 is 0 Å². The fourth-order valence-electron chi connectivity index (χ4n) is 5.82. The number of ether oxygens (including phenoxy) is 2. The average Bonchev–Trinajstić information content (AvgIpc) is 2.98. The summed E-state index contributed by atoms with van der Waals surface area (Å²) in [7, 11) is 0. The molecule has 0 aromatic rings. The number of fused-ring (bicyclic) bond motifs is 2. The Labute approximate surface area is 189 Å². The molecule has 2 amide bonds. The van der Waals surface area contributed by atoms with E-state index in [1.54, 1.807) is 22.8 Å². The molecule has 0 saturated carbocycles. The van der Waals surface area contributed by atoms with Crippen molar-refractivity contribution in [3.8, 4) is 0 Å². The Kier molecular flexibility index (Phi) is 6.20. The molecule has 0 radical (unpaired) electrons. The maximum absolute atomic E-state index is 13.8. The molecule has 176 valence electrons. The Morgan fingerprint density at radius 2 is 1.81 bits per heavy atom. The number of hydrogen-bond donors (Lipinski definition) is 1. The van der Waals surface area contributed by atoms with E-state index in [-0.39, 0.29) is 31.1 Å². The summed E-state index contributed by atoms with van der Waals surface area (Å²) < 4.78 is 12.0. The summed E-state index contributed by atoms with van der Waals surface area (Å²) in [6.45, 7) is 6.86. The van der Waals surface area contributed by atoms with Crippen LogP contribution in [0.3, 0.4) is 0 Å². The zero-order valence-corrected chi connectivity index (χ0v) is 19.2. The summed E-state index contributed by atoms with van der Waals surface area (Å²) in [6.07, 6.45) is 10.4. The van der Waals surface area contributed by atoms with Gasteiger partial charge in [0.2, 0.25) is 11.8 Å². The van der Waals surface area contributed by atoms with Gasteiger partial charge in [0.15, 0.2) is 0 Å². The smallest absolute Gasteiger partial charge is 0.313 e. The Bertz CT molecular complexity index is 838. The molecule has 1 unspecified atom stereocenters. The van der Waals surface area contributed by atoms with Crippen LogP contribution in [-0.4, -0.2) is 82.3 Å². The zero-order valence-electron chi connectivity index (χ0n) is 19.2. The third-order valence-corrected chi connectivity index (χ3v) is 7.27. The highest BCUT2D eigenvalue weighted by atomic mass is 16.6. The number of nitrogens with zero attached hydrogens (tertiary/aromatic N) is 2. The average molecular weight is 447 g/mol. The van der Waals surface area contributed by atoms with Gasteiger partial charge in [0.25, 0.3) is 0 Å². The van der Waals surface area contributed by atoms with Crippen molar-refractivity contribution in [3.05, 3.63) is 24.3 Å². The van der Waals surface area contributed by atoms with E-state index in [0.29, 0.717) is 19.5 Å². The largest absolute Gasteiger partial charge is 0.461 e. The minimum absolute atomic E-state index is 0.0322. The molecule has 8 heteroatoms. The van der Waals surface area contributed by atoms with Gasteiger partial charge >= 0.3 is 5.97 Å². The molecule has 8 nitrogen and oxygen atoms in total. The topological polar surface area (TPSA) is 96.4 Å². The van der Waals surface area contributed by atoms with Crippen LogP contribution in [0.2, 0.25) is 0 Å². The normalized spacial score (nSPS) is 36.2. The number of esters is 1. The Morgan fingerprint density at radius 1 is 1.06 bits per heavy atom. The van der Waals surface area contributed by atoms with Crippen LogP contribution in [0.4, 0.5) is 0 Å². The second kappa shape index (κ2) is 8.63. The maximum atomic E-state index is 13.8. The summed E-state index contributed by atoms with van der Waals surface area (Å²) in [4.78, 5) is 44.0. The number of cyclic esters (lactones) is 1.